The van der Waals surface area contributed by atoms with Gasteiger partial charge in [0.15, 0.2) is 0 Å². The molecule has 88 valence electrons. The lowest BCUT2D eigenvalue weighted by Gasteiger charge is -2.33. The summed E-state index contributed by atoms with van der Waals surface area (Å²) in [5.41, 5.74) is 5.76. The van der Waals surface area contributed by atoms with Crippen LogP contribution in [0.15, 0.2) is 30.5 Å². The van der Waals surface area contributed by atoms with E-state index in [1.54, 1.807) is 18.3 Å². The number of anilines is 1. The molecule has 4 heteroatoms. The Morgan fingerprint density at radius 2 is 2.12 bits per heavy atom. The second-order valence-corrected chi connectivity index (χ2v) is 4.64. The third-order valence-electron chi connectivity index (χ3n) is 3.27. The number of aromatic hydroxyl groups is 1. The van der Waals surface area contributed by atoms with Crippen molar-refractivity contribution in [1.29, 1.82) is 0 Å². The van der Waals surface area contributed by atoms with E-state index in [2.05, 4.69) is 10.3 Å². The lowest BCUT2D eigenvalue weighted by Crippen LogP contribution is -2.44. The minimum Gasteiger partial charge on any atom is -0.508 e. The van der Waals surface area contributed by atoms with E-state index in [0.717, 1.165) is 29.4 Å². The van der Waals surface area contributed by atoms with E-state index < -0.39 is 0 Å². The van der Waals surface area contributed by atoms with Gasteiger partial charge >= 0.3 is 0 Å². The largest absolute Gasteiger partial charge is 0.508 e. The summed E-state index contributed by atoms with van der Waals surface area (Å²) in [6.07, 6.45) is 3.74. The van der Waals surface area contributed by atoms with Crippen molar-refractivity contribution in [2.24, 2.45) is 5.73 Å². The molecule has 0 aliphatic heterocycles. The van der Waals surface area contributed by atoms with Gasteiger partial charge in [-0.05, 0) is 36.4 Å². The topological polar surface area (TPSA) is 71.2 Å². The lowest BCUT2D eigenvalue weighted by atomic mass is 9.87. The highest BCUT2D eigenvalue weighted by Crippen LogP contribution is 2.28. The van der Waals surface area contributed by atoms with Crippen LogP contribution in [0.4, 0.5) is 5.82 Å². The summed E-state index contributed by atoms with van der Waals surface area (Å²) in [4.78, 5) is 4.33. The van der Waals surface area contributed by atoms with Crippen LogP contribution in [-0.4, -0.2) is 22.2 Å². The third kappa shape index (κ3) is 1.91. The number of phenols is 1. The molecule has 1 aliphatic rings. The first-order valence-corrected chi connectivity index (χ1v) is 5.82. The number of benzene rings is 1. The zero-order chi connectivity index (χ0) is 11.8. The van der Waals surface area contributed by atoms with E-state index in [1.165, 1.54) is 0 Å². The minimum atomic E-state index is 0.263. The van der Waals surface area contributed by atoms with E-state index in [-0.39, 0.29) is 5.75 Å². The van der Waals surface area contributed by atoms with E-state index in [9.17, 15) is 5.11 Å². The maximum atomic E-state index is 9.53. The summed E-state index contributed by atoms with van der Waals surface area (Å²) in [5, 5.41) is 14.9. The first-order valence-electron chi connectivity index (χ1n) is 5.82. The van der Waals surface area contributed by atoms with Crippen LogP contribution in [-0.2, 0) is 0 Å². The number of aromatic nitrogens is 1. The Bertz CT molecular complexity index is 549. The fourth-order valence-corrected chi connectivity index (χ4v) is 2.24. The van der Waals surface area contributed by atoms with Crippen LogP contribution >= 0.6 is 0 Å². The van der Waals surface area contributed by atoms with Crippen molar-refractivity contribution in [2.75, 3.05) is 5.32 Å². The molecule has 1 aliphatic carbocycles. The number of pyridine rings is 1. The van der Waals surface area contributed by atoms with Gasteiger partial charge < -0.3 is 16.2 Å². The standard InChI is InChI=1S/C13H15N3O/c14-9-5-10(6-9)16-13-12-7-11(17)2-1-8(12)3-4-15-13/h1-4,7,9-10,17H,5-6,14H2,(H,15,16). The van der Waals surface area contributed by atoms with E-state index in [4.69, 9.17) is 5.73 Å². The third-order valence-corrected chi connectivity index (χ3v) is 3.27. The zero-order valence-corrected chi connectivity index (χ0v) is 9.43. The SMILES string of the molecule is NC1CC(Nc2nccc3ccc(O)cc23)C1. The lowest BCUT2D eigenvalue weighted by molar-refractivity contribution is 0.373. The molecule has 17 heavy (non-hydrogen) atoms. The number of hydrogen-bond donors (Lipinski definition) is 3. The average Bonchev–Trinajstić information content (AvgIpc) is 2.28. The molecule has 1 heterocycles. The molecule has 3 rings (SSSR count). The van der Waals surface area contributed by atoms with E-state index in [0.29, 0.717) is 12.1 Å². The van der Waals surface area contributed by atoms with Crippen LogP contribution in [0.2, 0.25) is 0 Å². The van der Waals surface area contributed by atoms with Gasteiger partial charge in [-0.25, -0.2) is 4.98 Å². The number of fused-ring (bicyclic) bond motifs is 1. The van der Waals surface area contributed by atoms with Crippen molar-refractivity contribution < 1.29 is 5.11 Å². The van der Waals surface area contributed by atoms with Gasteiger partial charge in [0, 0.05) is 23.7 Å². The predicted molar refractivity (Wildman–Crippen MR) is 68.0 cm³/mol. The highest BCUT2D eigenvalue weighted by molar-refractivity contribution is 5.92. The highest BCUT2D eigenvalue weighted by Gasteiger charge is 2.26. The Labute approximate surface area is 99.5 Å². The Kier molecular flexibility index (Phi) is 2.37. The van der Waals surface area contributed by atoms with Gasteiger partial charge in [-0.3, -0.25) is 0 Å². The average molecular weight is 229 g/mol. The summed E-state index contributed by atoms with van der Waals surface area (Å²) in [5.74, 6) is 1.09. The monoisotopic (exact) mass is 229 g/mol. The molecule has 1 aromatic heterocycles. The van der Waals surface area contributed by atoms with Crippen LogP contribution in [0.3, 0.4) is 0 Å². The number of nitrogens with two attached hydrogens (primary N) is 1. The second-order valence-electron chi connectivity index (χ2n) is 4.64. The normalized spacial score (nSPS) is 23.4. The quantitative estimate of drug-likeness (QED) is 0.734. The minimum absolute atomic E-state index is 0.263. The summed E-state index contributed by atoms with van der Waals surface area (Å²) in [7, 11) is 0. The predicted octanol–water partition coefficient (Wildman–Crippen LogP) is 1.84. The van der Waals surface area contributed by atoms with Gasteiger partial charge in [-0.1, -0.05) is 6.07 Å². The van der Waals surface area contributed by atoms with E-state index >= 15 is 0 Å². The summed E-state index contributed by atoms with van der Waals surface area (Å²) < 4.78 is 0. The van der Waals surface area contributed by atoms with Crippen molar-refractivity contribution in [1.82, 2.24) is 4.98 Å². The molecular weight excluding hydrogens is 214 g/mol. The molecule has 1 saturated carbocycles. The highest BCUT2D eigenvalue weighted by atomic mass is 16.3. The Morgan fingerprint density at radius 1 is 1.29 bits per heavy atom. The van der Waals surface area contributed by atoms with Crippen LogP contribution in [0.1, 0.15) is 12.8 Å². The van der Waals surface area contributed by atoms with Crippen molar-refractivity contribution in [3.63, 3.8) is 0 Å². The molecular formula is C13H15N3O. The Morgan fingerprint density at radius 3 is 2.88 bits per heavy atom. The molecule has 0 amide bonds. The van der Waals surface area contributed by atoms with Crippen molar-refractivity contribution in [3.8, 4) is 5.75 Å². The van der Waals surface area contributed by atoms with Crippen molar-refractivity contribution in [2.45, 2.75) is 24.9 Å². The molecule has 0 atom stereocenters. The van der Waals surface area contributed by atoms with Crippen molar-refractivity contribution in [3.05, 3.63) is 30.5 Å². The van der Waals surface area contributed by atoms with Gasteiger partial charge in [-0.15, -0.1) is 0 Å². The number of rotatable bonds is 2. The molecule has 0 radical (unpaired) electrons. The van der Waals surface area contributed by atoms with Crippen LogP contribution in [0, 0.1) is 0 Å². The molecule has 4 N–H and O–H groups in total. The summed E-state index contributed by atoms with van der Waals surface area (Å²) in [6, 6.07) is 7.98. The van der Waals surface area contributed by atoms with Gasteiger partial charge in [0.25, 0.3) is 0 Å². The van der Waals surface area contributed by atoms with Crippen LogP contribution in [0.25, 0.3) is 10.8 Å². The Balaban J connectivity index is 1.95. The fourth-order valence-electron chi connectivity index (χ4n) is 2.24. The maximum absolute atomic E-state index is 9.53. The molecule has 4 nitrogen and oxygen atoms in total. The van der Waals surface area contributed by atoms with Gasteiger partial charge in [0.2, 0.25) is 0 Å². The number of phenolic OH excluding ortho intramolecular Hbond substituents is 1. The van der Waals surface area contributed by atoms with Gasteiger partial charge in [0.1, 0.15) is 11.6 Å². The zero-order valence-electron chi connectivity index (χ0n) is 9.43. The first-order chi connectivity index (χ1) is 8.22. The fraction of sp³-hybridized carbons (Fsp3) is 0.308. The van der Waals surface area contributed by atoms with Crippen LogP contribution < -0.4 is 11.1 Å². The number of nitrogens with zero attached hydrogens (tertiary/aromatic N) is 1. The molecule has 0 unspecified atom stereocenters. The molecule has 0 bridgehead atoms. The molecule has 1 fully saturated rings. The first kappa shape index (κ1) is 10.4. The molecule has 0 spiro atoms. The molecule has 2 aromatic rings. The van der Waals surface area contributed by atoms with Gasteiger partial charge in [-0.2, -0.15) is 0 Å². The number of nitrogens with one attached hydrogen (secondary N) is 1. The number of hydrogen-bond acceptors (Lipinski definition) is 4. The second kappa shape index (κ2) is 3.89. The Hall–Kier alpha value is -1.81. The smallest absolute Gasteiger partial charge is 0.134 e. The van der Waals surface area contributed by atoms with E-state index in [1.807, 2.05) is 12.1 Å². The molecule has 0 saturated heterocycles. The maximum Gasteiger partial charge on any atom is 0.134 e. The van der Waals surface area contributed by atoms with Crippen molar-refractivity contribution >= 4 is 16.6 Å². The molecule has 1 aromatic carbocycles. The van der Waals surface area contributed by atoms with Gasteiger partial charge in [0.05, 0.1) is 0 Å². The summed E-state index contributed by atoms with van der Waals surface area (Å²) in [6.45, 7) is 0. The summed E-state index contributed by atoms with van der Waals surface area (Å²) >= 11 is 0. The van der Waals surface area contributed by atoms with Crippen LogP contribution in [0.5, 0.6) is 5.75 Å².